The molecule has 146 valence electrons. The number of aliphatic hydroxyl groups excluding tert-OH is 3. The van der Waals surface area contributed by atoms with Gasteiger partial charge in [0.05, 0.1) is 17.8 Å². The second-order valence-corrected chi connectivity index (χ2v) is 7.36. The largest absolute Gasteiger partial charge is 0.418 e. The first kappa shape index (κ1) is 19.4. The van der Waals surface area contributed by atoms with Crippen molar-refractivity contribution in [3.63, 3.8) is 0 Å². The van der Waals surface area contributed by atoms with Gasteiger partial charge in [-0.3, -0.25) is 4.90 Å². The Balaban J connectivity index is 1.67. The molecule has 1 aromatic rings. The molecule has 0 aliphatic carbocycles. The Morgan fingerprint density at radius 2 is 1.77 bits per heavy atom. The molecule has 8 heteroatoms. The number of benzene rings is 1. The summed E-state index contributed by atoms with van der Waals surface area (Å²) in [7, 11) is 0. The molecule has 0 spiro atoms. The van der Waals surface area contributed by atoms with Gasteiger partial charge in [-0.05, 0) is 31.4 Å². The van der Waals surface area contributed by atoms with Crippen LogP contribution in [-0.2, 0) is 6.18 Å². The molecule has 0 unspecified atom stereocenters. The van der Waals surface area contributed by atoms with Gasteiger partial charge in [-0.15, -0.1) is 0 Å². The molecule has 0 saturated carbocycles. The number of alkyl halides is 3. The molecule has 2 fully saturated rings. The number of aliphatic hydroxyl groups is 3. The van der Waals surface area contributed by atoms with Gasteiger partial charge in [0.15, 0.2) is 0 Å². The predicted octanol–water partition coefficient (Wildman–Crippen LogP) is 1.32. The minimum Gasteiger partial charge on any atom is -0.389 e. The van der Waals surface area contributed by atoms with Crippen LogP contribution in [0.1, 0.15) is 18.9 Å². The number of para-hydroxylation sites is 1. The van der Waals surface area contributed by atoms with Gasteiger partial charge in [0, 0.05) is 37.9 Å². The summed E-state index contributed by atoms with van der Waals surface area (Å²) in [6, 6.07) is 5.29. The van der Waals surface area contributed by atoms with E-state index in [0.29, 0.717) is 19.6 Å². The molecular formula is C18H25F3N2O3. The molecule has 0 aromatic heterocycles. The third kappa shape index (κ3) is 3.83. The van der Waals surface area contributed by atoms with Gasteiger partial charge < -0.3 is 20.2 Å². The minimum absolute atomic E-state index is 0.133. The number of likely N-dealkylation sites (tertiary alicyclic amines) is 1. The lowest BCUT2D eigenvalue weighted by Crippen LogP contribution is -2.60. The highest BCUT2D eigenvalue weighted by Crippen LogP contribution is 2.38. The normalized spacial score (nSPS) is 33.7. The lowest BCUT2D eigenvalue weighted by atomic mass is 9.93. The van der Waals surface area contributed by atoms with Gasteiger partial charge in [-0.2, -0.15) is 13.2 Å². The van der Waals surface area contributed by atoms with Crippen LogP contribution >= 0.6 is 0 Å². The zero-order valence-corrected chi connectivity index (χ0v) is 14.6. The quantitative estimate of drug-likeness (QED) is 0.745. The van der Waals surface area contributed by atoms with E-state index >= 15 is 0 Å². The van der Waals surface area contributed by atoms with Crippen molar-refractivity contribution in [3.05, 3.63) is 29.8 Å². The van der Waals surface area contributed by atoms with Crippen molar-refractivity contribution in [3.8, 4) is 0 Å². The van der Waals surface area contributed by atoms with E-state index < -0.39 is 30.1 Å². The fraction of sp³-hybridized carbons (Fsp3) is 0.667. The number of β-amino-alcohol motifs (C(OH)–C–C–N with tert-alkyl or cyclic N) is 1. The average Bonchev–Trinajstić information content (AvgIpc) is 3.05. The Labute approximate surface area is 150 Å². The van der Waals surface area contributed by atoms with Gasteiger partial charge >= 0.3 is 6.18 Å². The molecule has 5 atom stereocenters. The highest BCUT2D eigenvalue weighted by molar-refractivity contribution is 5.55. The van der Waals surface area contributed by atoms with Crippen LogP contribution in [0.3, 0.4) is 0 Å². The maximum atomic E-state index is 13.2. The molecule has 1 aromatic carbocycles. The van der Waals surface area contributed by atoms with Crippen molar-refractivity contribution in [1.29, 1.82) is 0 Å². The lowest BCUT2D eigenvalue weighted by Gasteiger charge is -2.43. The number of piperidine rings is 1. The van der Waals surface area contributed by atoms with Crippen molar-refractivity contribution < 1.29 is 28.5 Å². The monoisotopic (exact) mass is 374 g/mol. The van der Waals surface area contributed by atoms with E-state index in [1.165, 1.54) is 12.1 Å². The third-order valence-electron chi connectivity index (χ3n) is 5.56. The molecule has 3 N–H and O–H groups in total. The maximum Gasteiger partial charge on any atom is 0.418 e. The van der Waals surface area contributed by atoms with Gasteiger partial charge in [0.25, 0.3) is 0 Å². The number of hydrogen-bond acceptors (Lipinski definition) is 5. The Morgan fingerprint density at radius 1 is 1.08 bits per heavy atom. The zero-order chi connectivity index (χ0) is 19.1. The summed E-state index contributed by atoms with van der Waals surface area (Å²) < 4.78 is 39.7. The topological polar surface area (TPSA) is 67.2 Å². The van der Waals surface area contributed by atoms with Crippen molar-refractivity contribution in [2.24, 2.45) is 5.92 Å². The van der Waals surface area contributed by atoms with E-state index in [1.807, 2.05) is 4.90 Å². The van der Waals surface area contributed by atoms with Crippen molar-refractivity contribution in [2.75, 3.05) is 31.1 Å². The Morgan fingerprint density at radius 3 is 2.46 bits per heavy atom. The van der Waals surface area contributed by atoms with Gasteiger partial charge in [-0.1, -0.05) is 12.1 Å². The van der Waals surface area contributed by atoms with Crippen LogP contribution in [-0.4, -0.2) is 70.8 Å². The molecule has 26 heavy (non-hydrogen) atoms. The van der Waals surface area contributed by atoms with Crippen molar-refractivity contribution >= 4 is 5.69 Å². The number of halogens is 3. The molecule has 0 bridgehead atoms. The van der Waals surface area contributed by atoms with E-state index in [2.05, 4.69) is 0 Å². The van der Waals surface area contributed by atoms with E-state index in [-0.39, 0.29) is 24.2 Å². The highest BCUT2D eigenvalue weighted by atomic mass is 19.4. The van der Waals surface area contributed by atoms with Crippen LogP contribution in [0.4, 0.5) is 18.9 Å². The smallest absolute Gasteiger partial charge is 0.389 e. The summed E-state index contributed by atoms with van der Waals surface area (Å²) in [5.41, 5.74) is -0.425. The van der Waals surface area contributed by atoms with Gasteiger partial charge in [0.1, 0.15) is 6.10 Å². The first-order valence-electron chi connectivity index (χ1n) is 8.88. The fourth-order valence-corrected chi connectivity index (χ4v) is 4.01. The summed E-state index contributed by atoms with van der Waals surface area (Å²) in [5.74, 6) is 0.133. The molecule has 2 saturated heterocycles. The second-order valence-electron chi connectivity index (χ2n) is 7.36. The van der Waals surface area contributed by atoms with Gasteiger partial charge in [-0.25, -0.2) is 0 Å². The standard InChI is InChI=1S/C18H25F3N2O3/c1-11-16(25)17(26)15(24)10-23(11)9-12-6-7-22(8-12)14-5-3-2-4-13(14)18(19,20)21/h2-5,11-12,15-17,24-26H,6-10H2,1H3/t11-,12+,15+,16-,17-/m1/s1. The molecule has 2 aliphatic rings. The zero-order valence-electron chi connectivity index (χ0n) is 14.6. The average molecular weight is 374 g/mol. The summed E-state index contributed by atoms with van der Waals surface area (Å²) in [5, 5.41) is 29.7. The van der Waals surface area contributed by atoms with Crippen LogP contribution in [0.25, 0.3) is 0 Å². The van der Waals surface area contributed by atoms with Crippen molar-refractivity contribution in [1.82, 2.24) is 4.90 Å². The van der Waals surface area contributed by atoms with Gasteiger partial charge in [0.2, 0.25) is 0 Å². The number of anilines is 1. The SMILES string of the molecule is C[C@@H]1[C@@H](O)[C@H](O)[C@@H](O)CN1C[C@H]1CCN(c2ccccc2C(F)(F)F)C1. The summed E-state index contributed by atoms with van der Waals surface area (Å²) in [6.45, 7) is 3.62. The van der Waals surface area contributed by atoms with Crippen LogP contribution in [0.15, 0.2) is 24.3 Å². The lowest BCUT2D eigenvalue weighted by molar-refractivity contribution is -0.137. The second kappa shape index (κ2) is 7.34. The minimum atomic E-state index is -4.39. The molecule has 2 heterocycles. The molecular weight excluding hydrogens is 349 g/mol. The third-order valence-corrected chi connectivity index (χ3v) is 5.56. The van der Waals surface area contributed by atoms with E-state index in [9.17, 15) is 28.5 Å². The first-order valence-corrected chi connectivity index (χ1v) is 8.88. The predicted molar refractivity (Wildman–Crippen MR) is 90.8 cm³/mol. The summed E-state index contributed by atoms with van der Waals surface area (Å²) >= 11 is 0. The van der Waals surface area contributed by atoms with Crippen LogP contribution < -0.4 is 4.90 Å². The number of nitrogens with zero attached hydrogens (tertiary/aromatic N) is 2. The Kier molecular flexibility index (Phi) is 5.48. The van der Waals surface area contributed by atoms with E-state index in [1.54, 1.807) is 17.9 Å². The van der Waals surface area contributed by atoms with E-state index in [4.69, 9.17) is 0 Å². The Bertz CT molecular complexity index is 628. The molecule has 0 amide bonds. The summed E-state index contributed by atoms with van der Waals surface area (Å²) in [6.07, 6.45) is -6.88. The van der Waals surface area contributed by atoms with Crippen LogP contribution in [0, 0.1) is 5.92 Å². The highest BCUT2D eigenvalue weighted by Gasteiger charge is 2.41. The number of hydrogen-bond donors (Lipinski definition) is 3. The molecule has 3 rings (SSSR count). The molecule has 2 aliphatic heterocycles. The number of rotatable bonds is 3. The maximum absolute atomic E-state index is 13.2. The molecule has 0 radical (unpaired) electrons. The Hall–Kier alpha value is -1.35. The van der Waals surface area contributed by atoms with Crippen LogP contribution in [0.2, 0.25) is 0 Å². The first-order chi connectivity index (χ1) is 12.2. The molecule has 5 nitrogen and oxygen atoms in total. The van der Waals surface area contributed by atoms with E-state index in [0.717, 1.165) is 12.5 Å². The fourth-order valence-electron chi connectivity index (χ4n) is 4.01. The van der Waals surface area contributed by atoms with Crippen LogP contribution in [0.5, 0.6) is 0 Å². The summed E-state index contributed by atoms with van der Waals surface area (Å²) in [4.78, 5) is 3.66. The van der Waals surface area contributed by atoms with Crippen molar-refractivity contribution in [2.45, 2.75) is 43.9 Å².